The largest absolute Gasteiger partial charge is 0.349 e. The summed E-state index contributed by atoms with van der Waals surface area (Å²) < 4.78 is 26.8. The van der Waals surface area contributed by atoms with Crippen molar-refractivity contribution in [2.45, 2.75) is 32.2 Å². The lowest BCUT2D eigenvalue weighted by atomic mass is 10.1. The fraction of sp³-hybridized carbons (Fsp3) is 0.364. The Labute approximate surface area is 182 Å². The zero-order valence-electron chi connectivity index (χ0n) is 17.3. The third kappa shape index (κ3) is 4.99. The van der Waals surface area contributed by atoms with Gasteiger partial charge in [-0.2, -0.15) is 0 Å². The molecule has 0 saturated heterocycles. The molecule has 0 atom stereocenters. The number of nitrogens with one attached hydrogen (secondary N) is 3. The third-order valence-corrected chi connectivity index (χ3v) is 7.26. The van der Waals surface area contributed by atoms with Crippen LogP contribution in [0.25, 0.3) is 0 Å². The molecule has 0 unspecified atom stereocenters. The van der Waals surface area contributed by atoms with Crippen LogP contribution in [-0.2, 0) is 16.4 Å². The number of aryl methyl sites for hydroxylation is 1. The smallest absolute Gasteiger partial charge is 0.319 e. The molecule has 1 aliphatic heterocycles. The maximum absolute atomic E-state index is 12.7. The van der Waals surface area contributed by atoms with Crippen LogP contribution in [0.3, 0.4) is 0 Å². The molecule has 1 aliphatic carbocycles. The van der Waals surface area contributed by atoms with Crippen LogP contribution in [0.5, 0.6) is 0 Å². The van der Waals surface area contributed by atoms with Crippen LogP contribution in [0.2, 0.25) is 0 Å². The molecule has 8 nitrogen and oxygen atoms in total. The van der Waals surface area contributed by atoms with Gasteiger partial charge >= 0.3 is 6.03 Å². The van der Waals surface area contributed by atoms with Crippen LogP contribution >= 0.6 is 0 Å². The Bertz CT molecular complexity index is 1110. The molecule has 1 heterocycles. The number of rotatable bonds is 7. The first kappa shape index (κ1) is 21.2. The standard InChI is InChI=1S/C22H26N4O4S/c1-15-6-7-17(21(27)24-18-8-9-18)14-19(15)25-22(28)23-11-13-31(29,30)26-12-10-16-4-2-3-5-20(16)26/h2-7,14,18H,8-13H2,1H3,(H,24,27)(H2,23,25,28). The summed E-state index contributed by atoms with van der Waals surface area (Å²) in [6, 6.07) is 12.3. The summed E-state index contributed by atoms with van der Waals surface area (Å²) in [4.78, 5) is 24.5. The van der Waals surface area contributed by atoms with Crippen molar-refractivity contribution < 1.29 is 18.0 Å². The van der Waals surface area contributed by atoms with E-state index in [-0.39, 0.29) is 24.2 Å². The Hall–Kier alpha value is -3.07. The van der Waals surface area contributed by atoms with Gasteiger partial charge in [-0.1, -0.05) is 24.3 Å². The van der Waals surface area contributed by atoms with E-state index >= 15 is 0 Å². The van der Waals surface area contributed by atoms with E-state index < -0.39 is 16.1 Å². The molecule has 0 radical (unpaired) electrons. The molecule has 9 heteroatoms. The number of carbonyl (C=O) groups is 2. The highest BCUT2D eigenvalue weighted by atomic mass is 32.2. The Morgan fingerprint density at radius 1 is 1.13 bits per heavy atom. The van der Waals surface area contributed by atoms with Crippen molar-refractivity contribution in [3.63, 3.8) is 0 Å². The quantitative estimate of drug-likeness (QED) is 0.612. The monoisotopic (exact) mass is 442 g/mol. The Kier molecular flexibility index (Phi) is 5.86. The molecule has 31 heavy (non-hydrogen) atoms. The molecule has 0 aromatic heterocycles. The number of urea groups is 1. The van der Waals surface area contributed by atoms with Crippen LogP contribution in [-0.4, -0.2) is 45.2 Å². The zero-order valence-corrected chi connectivity index (χ0v) is 18.2. The summed E-state index contributed by atoms with van der Waals surface area (Å²) in [6.07, 6.45) is 2.68. The molecular formula is C22H26N4O4S. The highest BCUT2D eigenvalue weighted by molar-refractivity contribution is 7.92. The van der Waals surface area contributed by atoms with Crippen molar-refractivity contribution in [3.8, 4) is 0 Å². The van der Waals surface area contributed by atoms with Gasteiger partial charge in [-0.3, -0.25) is 9.10 Å². The fourth-order valence-corrected chi connectivity index (χ4v) is 4.99. The maximum atomic E-state index is 12.7. The summed E-state index contributed by atoms with van der Waals surface area (Å²) in [7, 11) is -3.54. The third-order valence-electron chi connectivity index (χ3n) is 5.49. The van der Waals surface area contributed by atoms with Crippen molar-refractivity contribution in [2.24, 2.45) is 0 Å². The van der Waals surface area contributed by atoms with Gasteiger partial charge in [-0.05, 0) is 55.5 Å². The number of carbonyl (C=O) groups excluding carboxylic acids is 2. The summed E-state index contributed by atoms with van der Waals surface area (Å²) in [5.74, 6) is -0.361. The van der Waals surface area contributed by atoms with Crippen LogP contribution < -0.4 is 20.3 Å². The van der Waals surface area contributed by atoms with Crippen LogP contribution in [0, 0.1) is 6.92 Å². The first-order valence-corrected chi connectivity index (χ1v) is 12.0. The highest BCUT2D eigenvalue weighted by Crippen LogP contribution is 2.29. The summed E-state index contributed by atoms with van der Waals surface area (Å²) in [6.45, 7) is 2.23. The molecule has 2 aromatic rings. The van der Waals surface area contributed by atoms with Gasteiger partial charge in [0.05, 0.1) is 11.4 Å². The van der Waals surface area contributed by atoms with E-state index in [0.717, 1.165) is 24.0 Å². The summed E-state index contributed by atoms with van der Waals surface area (Å²) in [5.41, 5.74) is 3.52. The number of hydrogen-bond donors (Lipinski definition) is 3. The normalized spacial score (nSPS) is 15.3. The van der Waals surface area contributed by atoms with Gasteiger partial charge in [0.2, 0.25) is 10.0 Å². The Balaban J connectivity index is 1.32. The lowest BCUT2D eigenvalue weighted by Gasteiger charge is -2.19. The number of benzene rings is 2. The molecule has 3 N–H and O–H groups in total. The van der Waals surface area contributed by atoms with E-state index in [1.54, 1.807) is 24.3 Å². The lowest BCUT2D eigenvalue weighted by molar-refractivity contribution is 0.0951. The second-order valence-electron chi connectivity index (χ2n) is 7.93. The van der Waals surface area contributed by atoms with Gasteiger partial charge in [0.1, 0.15) is 0 Å². The summed E-state index contributed by atoms with van der Waals surface area (Å²) >= 11 is 0. The minimum Gasteiger partial charge on any atom is -0.349 e. The molecule has 164 valence electrons. The molecule has 1 saturated carbocycles. The number of anilines is 2. The molecule has 2 aromatic carbocycles. The van der Waals surface area contributed by atoms with E-state index in [9.17, 15) is 18.0 Å². The van der Waals surface area contributed by atoms with E-state index in [2.05, 4.69) is 16.0 Å². The number of fused-ring (bicyclic) bond motifs is 1. The molecule has 3 amide bonds. The maximum Gasteiger partial charge on any atom is 0.319 e. The van der Waals surface area contributed by atoms with Gasteiger partial charge in [-0.15, -0.1) is 0 Å². The SMILES string of the molecule is Cc1ccc(C(=O)NC2CC2)cc1NC(=O)NCCS(=O)(=O)N1CCc2ccccc21. The van der Waals surface area contributed by atoms with Gasteiger partial charge in [0.25, 0.3) is 5.91 Å². The van der Waals surface area contributed by atoms with Gasteiger partial charge in [0.15, 0.2) is 0 Å². The van der Waals surface area contributed by atoms with Crippen molar-refractivity contribution in [1.29, 1.82) is 0 Å². The molecule has 1 fully saturated rings. The summed E-state index contributed by atoms with van der Waals surface area (Å²) in [5, 5.41) is 8.22. The van der Waals surface area contributed by atoms with Gasteiger partial charge in [-0.25, -0.2) is 13.2 Å². The molecule has 2 aliphatic rings. The van der Waals surface area contributed by atoms with E-state index in [4.69, 9.17) is 0 Å². The van der Waals surface area contributed by atoms with Crippen LogP contribution in [0.15, 0.2) is 42.5 Å². The predicted octanol–water partition coefficient (Wildman–Crippen LogP) is 2.40. The van der Waals surface area contributed by atoms with Crippen molar-refractivity contribution in [1.82, 2.24) is 10.6 Å². The lowest BCUT2D eigenvalue weighted by Crippen LogP contribution is -2.38. The van der Waals surface area contributed by atoms with Crippen molar-refractivity contribution >= 4 is 33.3 Å². The van der Waals surface area contributed by atoms with Crippen LogP contribution in [0.1, 0.15) is 34.3 Å². The van der Waals surface area contributed by atoms with E-state index in [1.165, 1.54) is 4.31 Å². The number of hydrogen-bond acceptors (Lipinski definition) is 4. The predicted molar refractivity (Wildman–Crippen MR) is 120 cm³/mol. The Morgan fingerprint density at radius 2 is 1.90 bits per heavy atom. The van der Waals surface area contributed by atoms with E-state index in [0.29, 0.717) is 29.9 Å². The number of para-hydroxylation sites is 1. The first-order valence-electron chi connectivity index (χ1n) is 10.4. The molecular weight excluding hydrogens is 416 g/mol. The first-order chi connectivity index (χ1) is 14.8. The Morgan fingerprint density at radius 3 is 2.68 bits per heavy atom. The molecule has 0 bridgehead atoms. The van der Waals surface area contributed by atoms with Gasteiger partial charge in [0, 0.05) is 30.4 Å². The van der Waals surface area contributed by atoms with Gasteiger partial charge < -0.3 is 16.0 Å². The topological polar surface area (TPSA) is 108 Å². The number of amides is 3. The highest BCUT2D eigenvalue weighted by Gasteiger charge is 2.29. The van der Waals surface area contributed by atoms with Crippen molar-refractivity contribution in [3.05, 3.63) is 59.2 Å². The second-order valence-corrected chi connectivity index (χ2v) is 9.94. The van der Waals surface area contributed by atoms with E-state index in [1.807, 2.05) is 25.1 Å². The molecule has 0 spiro atoms. The fourth-order valence-electron chi connectivity index (χ4n) is 3.56. The number of sulfonamides is 1. The minimum absolute atomic E-state index is 0.0201. The zero-order chi connectivity index (χ0) is 22.0. The molecule has 4 rings (SSSR count). The average Bonchev–Trinajstić information content (AvgIpc) is 3.43. The average molecular weight is 443 g/mol. The van der Waals surface area contributed by atoms with Crippen LogP contribution in [0.4, 0.5) is 16.2 Å². The second kappa shape index (κ2) is 8.58. The minimum atomic E-state index is -3.54. The van der Waals surface area contributed by atoms with Crippen molar-refractivity contribution in [2.75, 3.05) is 28.5 Å². The number of nitrogens with zero attached hydrogens (tertiary/aromatic N) is 1.